The van der Waals surface area contributed by atoms with Crippen LogP contribution in [0.3, 0.4) is 0 Å². The van der Waals surface area contributed by atoms with Crippen LogP contribution < -0.4 is 10.6 Å². The van der Waals surface area contributed by atoms with Crippen molar-refractivity contribution in [3.63, 3.8) is 0 Å². The van der Waals surface area contributed by atoms with Gasteiger partial charge in [-0.3, -0.25) is 9.59 Å². The first kappa shape index (κ1) is 18.5. The number of carbonyl (C=O) groups is 2. The third-order valence-electron chi connectivity index (χ3n) is 2.82. The lowest BCUT2D eigenvalue weighted by Gasteiger charge is -2.06. The molecule has 2 heterocycles. The molecule has 0 aliphatic heterocycles. The lowest BCUT2D eigenvalue weighted by molar-refractivity contribution is -0.120. The van der Waals surface area contributed by atoms with Gasteiger partial charge in [-0.2, -0.15) is 11.8 Å². The number of thiophene rings is 2. The van der Waals surface area contributed by atoms with Crippen molar-refractivity contribution in [1.29, 1.82) is 0 Å². The van der Waals surface area contributed by atoms with E-state index in [9.17, 15) is 9.59 Å². The van der Waals surface area contributed by atoms with Gasteiger partial charge in [-0.05, 0) is 47.1 Å². The van der Waals surface area contributed by atoms with Crippen molar-refractivity contribution in [2.75, 3.05) is 18.8 Å². The Bertz CT molecular complexity index is 669. The minimum absolute atomic E-state index is 0.0122. The van der Waals surface area contributed by atoms with Gasteiger partial charge in [-0.1, -0.05) is 0 Å². The molecule has 23 heavy (non-hydrogen) atoms. The molecule has 2 amide bonds. The van der Waals surface area contributed by atoms with Gasteiger partial charge in [-0.25, -0.2) is 0 Å². The third kappa shape index (κ3) is 6.66. The molecule has 0 spiro atoms. The number of hydrogen-bond donors (Lipinski definition) is 2. The van der Waals surface area contributed by atoms with E-state index in [1.54, 1.807) is 29.2 Å². The molecule has 8 heteroatoms. The molecule has 0 aliphatic carbocycles. The van der Waals surface area contributed by atoms with Crippen LogP contribution in [-0.2, 0) is 10.5 Å². The third-order valence-corrected chi connectivity index (χ3v) is 6.63. The molecule has 4 nitrogen and oxygen atoms in total. The number of carbonyl (C=O) groups excluding carboxylic acids is 2. The lowest BCUT2D eigenvalue weighted by Crippen LogP contribution is -2.37. The fraction of sp³-hybridized carbons (Fsp3) is 0.333. The van der Waals surface area contributed by atoms with Crippen LogP contribution in [0.5, 0.6) is 0 Å². The van der Waals surface area contributed by atoms with Gasteiger partial charge in [0.15, 0.2) is 0 Å². The molecule has 0 bridgehead atoms. The fourth-order valence-electron chi connectivity index (χ4n) is 1.73. The van der Waals surface area contributed by atoms with Crippen molar-refractivity contribution < 1.29 is 9.59 Å². The Morgan fingerprint density at radius 2 is 2.00 bits per heavy atom. The highest BCUT2D eigenvalue weighted by Crippen LogP contribution is 2.25. The molecule has 124 valence electrons. The Balaban J connectivity index is 1.55. The van der Waals surface area contributed by atoms with Gasteiger partial charge in [0.25, 0.3) is 5.91 Å². The minimum Gasteiger partial charge on any atom is -0.354 e. The summed E-state index contributed by atoms with van der Waals surface area (Å²) in [6.07, 6.45) is 0. The maximum absolute atomic E-state index is 11.8. The van der Waals surface area contributed by atoms with E-state index < -0.39 is 0 Å². The van der Waals surface area contributed by atoms with Crippen molar-refractivity contribution in [3.05, 3.63) is 42.7 Å². The Morgan fingerprint density at radius 1 is 1.17 bits per heavy atom. The Hall–Kier alpha value is -0.830. The van der Waals surface area contributed by atoms with E-state index >= 15 is 0 Å². The second-order valence-electron chi connectivity index (χ2n) is 4.70. The van der Waals surface area contributed by atoms with E-state index in [2.05, 4.69) is 32.6 Å². The zero-order chi connectivity index (χ0) is 16.7. The molecule has 0 fully saturated rings. The van der Waals surface area contributed by atoms with Gasteiger partial charge >= 0.3 is 0 Å². The molecule has 0 saturated heterocycles. The summed E-state index contributed by atoms with van der Waals surface area (Å²) in [5, 5.41) is 5.44. The van der Waals surface area contributed by atoms with E-state index in [1.165, 1.54) is 16.2 Å². The van der Waals surface area contributed by atoms with Crippen LogP contribution in [0.4, 0.5) is 0 Å². The van der Waals surface area contributed by atoms with E-state index in [0.29, 0.717) is 11.4 Å². The average molecular weight is 433 g/mol. The monoisotopic (exact) mass is 432 g/mol. The second kappa shape index (κ2) is 9.46. The van der Waals surface area contributed by atoms with Crippen LogP contribution >= 0.6 is 50.4 Å². The molecule has 2 aromatic heterocycles. The average Bonchev–Trinajstić information content (AvgIpc) is 3.13. The van der Waals surface area contributed by atoms with E-state index in [0.717, 1.165) is 20.2 Å². The molecule has 2 rings (SSSR count). The smallest absolute Gasteiger partial charge is 0.261 e. The van der Waals surface area contributed by atoms with Crippen LogP contribution in [0.15, 0.2) is 28.1 Å². The molecule has 0 saturated carbocycles. The summed E-state index contributed by atoms with van der Waals surface area (Å²) in [6, 6.07) is 7.80. The standard InChI is InChI=1S/C15H17BrN2O2S3/c1-10-2-4-12(22-10)15(20)18-8-14(19)17-6-7-21-9-11-3-5-13(16)23-11/h2-5H,6-9H2,1H3,(H,17,19)(H,18,20). The number of rotatable bonds is 8. The summed E-state index contributed by atoms with van der Waals surface area (Å²) in [6.45, 7) is 2.56. The molecule has 0 unspecified atom stereocenters. The number of thioether (sulfide) groups is 1. The van der Waals surface area contributed by atoms with Crippen molar-refractivity contribution in [3.8, 4) is 0 Å². The van der Waals surface area contributed by atoms with Gasteiger partial charge in [0, 0.05) is 27.8 Å². The molecule has 0 aliphatic rings. The molecular weight excluding hydrogens is 416 g/mol. The van der Waals surface area contributed by atoms with Gasteiger partial charge in [-0.15, -0.1) is 22.7 Å². The van der Waals surface area contributed by atoms with Crippen LogP contribution in [0.2, 0.25) is 0 Å². The lowest BCUT2D eigenvalue weighted by atomic mass is 10.4. The maximum Gasteiger partial charge on any atom is 0.261 e. The largest absolute Gasteiger partial charge is 0.354 e. The summed E-state index contributed by atoms with van der Waals surface area (Å²) in [7, 11) is 0. The first-order valence-electron chi connectivity index (χ1n) is 6.98. The van der Waals surface area contributed by atoms with Gasteiger partial charge in [0.1, 0.15) is 0 Å². The molecule has 2 aromatic rings. The number of amides is 2. The topological polar surface area (TPSA) is 58.2 Å². The van der Waals surface area contributed by atoms with E-state index in [-0.39, 0.29) is 18.4 Å². The quantitative estimate of drug-likeness (QED) is 0.625. The highest BCUT2D eigenvalue weighted by molar-refractivity contribution is 9.11. The predicted octanol–water partition coefficient (Wildman–Crippen LogP) is 3.66. The molecule has 0 atom stereocenters. The number of halogens is 1. The highest BCUT2D eigenvalue weighted by Gasteiger charge is 2.09. The molecule has 0 radical (unpaired) electrons. The Kier molecular flexibility index (Phi) is 7.61. The molecular formula is C15H17BrN2O2S3. The Morgan fingerprint density at radius 3 is 2.65 bits per heavy atom. The van der Waals surface area contributed by atoms with Crippen molar-refractivity contribution >= 4 is 62.2 Å². The number of hydrogen-bond acceptors (Lipinski definition) is 5. The van der Waals surface area contributed by atoms with Gasteiger partial charge in [0.2, 0.25) is 5.91 Å². The predicted molar refractivity (Wildman–Crippen MR) is 103 cm³/mol. The summed E-state index contributed by atoms with van der Waals surface area (Å²) < 4.78 is 1.14. The minimum atomic E-state index is -0.198. The molecule has 2 N–H and O–H groups in total. The van der Waals surface area contributed by atoms with Gasteiger partial charge in [0.05, 0.1) is 15.2 Å². The summed E-state index contributed by atoms with van der Waals surface area (Å²) in [5.41, 5.74) is 0. The number of nitrogens with one attached hydrogen (secondary N) is 2. The summed E-state index contributed by atoms with van der Waals surface area (Å²) in [4.78, 5) is 26.5. The van der Waals surface area contributed by atoms with Crippen LogP contribution in [0.1, 0.15) is 19.4 Å². The second-order valence-corrected chi connectivity index (χ2v) is 9.64. The fourth-order valence-corrected chi connectivity index (χ4v) is 4.97. The SMILES string of the molecule is Cc1ccc(C(=O)NCC(=O)NCCSCc2ccc(Br)s2)s1. The summed E-state index contributed by atoms with van der Waals surface area (Å²) >= 11 is 8.36. The first-order valence-corrected chi connectivity index (χ1v) is 10.6. The van der Waals surface area contributed by atoms with Crippen LogP contribution in [-0.4, -0.2) is 30.7 Å². The maximum atomic E-state index is 11.8. The van der Waals surface area contributed by atoms with Crippen molar-refractivity contribution in [2.24, 2.45) is 0 Å². The van der Waals surface area contributed by atoms with Crippen molar-refractivity contribution in [1.82, 2.24) is 10.6 Å². The van der Waals surface area contributed by atoms with E-state index in [4.69, 9.17) is 0 Å². The zero-order valence-corrected chi connectivity index (χ0v) is 16.6. The molecule has 0 aromatic carbocycles. The first-order chi connectivity index (χ1) is 11.0. The van der Waals surface area contributed by atoms with Gasteiger partial charge < -0.3 is 10.6 Å². The Labute approximate surface area is 156 Å². The normalized spacial score (nSPS) is 10.5. The van der Waals surface area contributed by atoms with Crippen molar-refractivity contribution in [2.45, 2.75) is 12.7 Å². The summed E-state index contributed by atoms with van der Waals surface area (Å²) in [5.74, 6) is 1.43. The zero-order valence-electron chi connectivity index (χ0n) is 12.6. The van der Waals surface area contributed by atoms with Crippen LogP contribution in [0, 0.1) is 6.92 Å². The van der Waals surface area contributed by atoms with E-state index in [1.807, 2.05) is 19.1 Å². The highest BCUT2D eigenvalue weighted by atomic mass is 79.9. The van der Waals surface area contributed by atoms with Crippen LogP contribution in [0.25, 0.3) is 0 Å². The number of aryl methyl sites for hydroxylation is 1.